The molecule has 1 aromatic carbocycles. The maximum atomic E-state index is 13.9. The van der Waals surface area contributed by atoms with Crippen LogP contribution < -0.4 is 5.32 Å². The third-order valence-electron chi connectivity index (χ3n) is 6.67. The van der Waals surface area contributed by atoms with Crippen molar-refractivity contribution < 1.29 is 28.6 Å². The van der Waals surface area contributed by atoms with E-state index in [0.29, 0.717) is 65.0 Å². The fourth-order valence-electron chi connectivity index (χ4n) is 4.94. The van der Waals surface area contributed by atoms with Gasteiger partial charge in [0, 0.05) is 41.4 Å². The van der Waals surface area contributed by atoms with Crippen molar-refractivity contribution in [1.82, 2.24) is 20.1 Å². The van der Waals surface area contributed by atoms with E-state index >= 15 is 0 Å². The number of rotatable bonds is 6. The predicted octanol–water partition coefficient (Wildman–Crippen LogP) is 1.47. The lowest BCUT2D eigenvalue weighted by Crippen LogP contribution is -2.66. The van der Waals surface area contributed by atoms with Gasteiger partial charge in [0.1, 0.15) is 18.5 Å². The molecule has 0 aliphatic carbocycles. The van der Waals surface area contributed by atoms with E-state index in [1.807, 2.05) is 5.38 Å². The summed E-state index contributed by atoms with van der Waals surface area (Å²) in [7, 11) is 1.31. The van der Waals surface area contributed by atoms with Crippen molar-refractivity contribution in [3.63, 3.8) is 0 Å². The second-order valence-electron chi connectivity index (χ2n) is 8.87. The van der Waals surface area contributed by atoms with Crippen molar-refractivity contribution in [2.24, 2.45) is 4.99 Å². The van der Waals surface area contributed by atoms with Crippen molar-refractivity contribution in [2.75, 3.05) is 46.6 Å². The number of fused-ring (bicyclic) bond motifs is 2. The van der Waals surface area contributed by atoms with E-state index in [0.717, 1.165) is 0 Å². The Morgan fingerprint density at radius 3 is 2.70 bits per heavy atom. The number of hydrogen-bond donors (Lipinski definition) is 2. The van der Waals surface area contributed by atoms with Crippen LogP contribution in [0.15, 0.2) is 50.5 Å². The molecule has 2 fully saturated rings. The SMILES string of the molecule is COC(=O)C1=C(CN2C3COCC2CN(C(=O)CO)C3)NC(c2nccs2)=NC1c1ccc(F)cc1Br. The van der Waals surface area contributed by atoms with Crippen LogP contribution >= 0.6 is 27.3 Å². The lowest BCUT2D eigenvalue weighted by atomic mass is 9.94. The summed E-state index contributed by atoms with van der Waals surface area (Å²) in [5, 5.41) is 15.1. The first-order valence-electron chi connectivity index (χ1n) is 11.6. The van der Waals surface area contributed by atoms with E-state index in [-0.39, 0.29) is 18.0 Å². The summed E-state index contributed by atoms with van der Waals surface area (Å²) >= 11 is 4.84. The number of aromatic nitrogens is 1. The van der Waals surface area contributed by atoms with Gasteiger partial charge in [0.25, 0.3) is 0 Å². The van der Waals surface area contributed by atoms with Gasteiger partial charge in [-0.3, -0.25) is 14.7 Å². The van der Waals surface area contributed by atoms with Crippen LogP contribution in [-0.2, 0) is 19.1 Å². The zero-order valence-electron chi connectivity index (χ0n) is 19.9. The quantitative estimate of drug-likeness (QED) is 0.484. The van der Waals surface area contributed by atoms with Gasteiger partial charge in [-0.2, -0.15) is 0 Å². The average molecular weight is 594 g/mol. The second kappa shape index (κ2) is 11.0. The van der Waals surface area contributed by atoms with Crippen LogP contribution in [0.25, 0.3) is 0 Å². The van der Waals surface area contributed by atoms with Crippen LogP contribution in [0, 0.1) is 5.82 Å². The number of morpholine rings is 1. The molecule has 3 aliphatic rings. The Labute approximate surface area is 224 Å². The lowest BCUT2D eigenvalue weighted by molar-refractivity contribution is -0.147. The molecule has 10 nitrogen and oxygen atoms in total. The molecular weight excluding hydrogens is 569 g/mol. The number of esters is 1. The zero-order valence-corrected chi connectivity index (χ0v) is 22.3. The molecule has 0 saturated carbocycles. The lowest BCUT2D eigenvalue weighted by Gasteiger charge is -2.50. The Kier molecular flexibility index (Phi) is 7.67. The first-order chi connectivity index (χ1) is 17.9. The van der Waals surface area contributed by atoms with Crippen LogP contribution in [0.2, 0.25) is 0 Å². The van der Waals surface area contributed by atoms with Gasteiger partial charge < -0.3 is 24.8 Å². The average Bonchev–Trinajstić information content (AvgIpc) is 3.42. The first kappa shape index (κ1) is 25.9. The van der Waals surface area contributed by atoms with Crippen LogP contribution in [0.3, 0.4) is 0 Å². The number of aliphatic hydroxyl groups excluding tert-OH is 1. The molecule has 1 aromatic heterocycles. The maximum absolute atomic E-state index is 13.9. The summed E-state index contributed by atoms with van der Waals surface area (Å²) in [5.41, 5.74) is 1.51. The van der Waals surface area contributed by atoms with Crippen molar-refractivity contribution in [1.29, 1.82) is 0 Å². The summed E-state index contributed by atoms with van der Waals surface area (Å²) < 4.78 is 25.3. The van der Waals surface area contributed by atoms with Gasteiger partial charge in [-0.05, 0) is 17.7 Å². The van der Waals surface area contributed by atoms with E-state index < -0.39 is 24.4 Å². The Morgan fingerprint density at radius 1 is 1.32 bits per heavy atom. The topological polar surface area (TPSA) is 117 Å². The molecule has 3 atom stereocenters. The number of nitrogens with zero attached hydrogens (tertiary/aromatic N) is 4. The number of nitrogens with one attached hydrogen (secondary N) is 1. The normalized spacial score (nSPS) is 23.9. The molecule has 196 valence electrons. The number of amides is 1. The number of aliphatic hydroxyl groups is 1. The number of methoxy groups -OCH3 is 1. The number of benzene rings is 1. The van der Waals surface area contributed by atoms with E-state index in [9.17, 15) is 19.1 Å². The summed E-state index contributed by atoms with van der Waals surface area (Å²) in [6.07, 6.45) is 1.67. The van der Waals surface area contributed by atoms with E-state index in [1.54, 1.807) is 17.2 Å². The number of carbonyl (C=O) groups is 2. The highest BCUT2D eigenvalue weighted by Gasteiger charge is 2.42. The molecule has 13 heteroatoms. The van der Waals surface area contributed by atoms with Gasteiger partial charge in [0.15, 0.2) is 10.8 Å². The molecule has 37 heavy (non-hydrogen) atoms. The van der Waals surface area contributed by atoms with Crippen LogP contribution in [0.4, 0.5) is 4.39 Å². The van der Waals surface area contributed by atoms with Crippen molar-refractivity contribution >= 4 is 45.0 Å². The number of piperazine rings is 1. The predicted molar refractivity (Wildman–Crippen MR) is 136 cm³/mol. The molecule has 2 saturated heterocycles. The van der Waals surface area contributed by atoms with Crippen molar-refractivity contribution in [3.8, 4) is 0 Å². The summed E-state index contributed by atoms with van der Waals surface area (Å²) in [4.78, 5) is 38.4. The third kappa shape index (κ3) is 5.18. The molecule has 2 aromatic rings. The summed E-state index contributed by atoms with van der Waals surface area (Å²) in [5.74, 6) is -0.794. The highest BCUT2D eigenvalue weighted by Crippen LogP contribution is 2.37. The molecule has 1 amide bonds. The minimum atomic E-state index is -0.772. The minimum Gasteiger partial charge on any atom is -0.466 e. The molecule has 5 rings (SSSR count). The van der Waals surface area contributed by atoms with Crippen molar-refractivity contribution in [2.45, 2.75) is 18.1 Å². The Hall–Kier alpha value is -2.71. The van der Waals surface area contributed by atoms with Gasteiger partial charge in [0.2, 0.25) is 5.91 Å². The first-order valence-corrected chi connectivity index (χ1v) is 13.3. The van der Waals surface area contributed by atoms with E-state index in [4.69, 9.17) is 14.5 Å². The molecule has 2 N–H and O–H groups in total. The monoisotopic (exact) mass is 593 g/mol. The fraction of sp³-hybridized carbons (Fsp3) is 0.417. The molecule has 3 unspecified atom stereocenters. The number of thiazole rings is 1. The molecule has 3 aliphatic heterocycles. The number of ether oxygens (including phenoxy) is 2. The fourth-order valence-corrected chi connectivity index (χ4v) is 6.10. The van der Waals surface area contributed by atoms with Crippen LogP contribution in [-0.4, -0.2) is 96.3 Å². The maximum Gasteiger partial charge on any atom is 0.338 e. The highest BCUT2D eigenvalue weighted by atomic mass is 79.9. The van der Waals surface area contributed by atoms with Crippen molar-refractivity contribution in [3.05, 3.63) is 61.9 Å². The molecular formula is C24H25BrFN5O5S. The third-order valence-corrected chi connectivity index (χ3v) is 8.14. The zero-order chi connectivity index (χ0) is 26.1. The van der Waals surface area contributed by atoms with Gasteiger partial charge in [-0.15, -0.1) is 11.3 Å². The molecule has 0 spiro atoms. The number of halogens is 2. The number of amidine groups is 1. The highest BCUT2D eigenvalue weighted by molar-refractivity contribution is 9.10. The Bertz CT molecular complexity index is 1240. The summed E-state index contributed by atoms with van der Waals surface area (Å²) in [6, 6.07) is 3.23. The minimum absolute atomic E-state index is 0.130. The molecule has 2 bridgehead atoms. The van der Waals surface area contributed by atoms with Gasteiger partial charge in [0.05, 0.1) is 38.0 Å². The van der Waals surface area contributed by atoms with E-state index in [1.165, 1.54) is 30.6 Å². The van der Waals surface area contributed by atoms with Gasteiger partial charge in [-0.1, -0.05) is 22.0 Å². The van der Waals surface area contributed by atoms with Crippen LogP contribution in [0.1, 0.15) is 16.6 Å². The largest absolute Gasteiger partial charge is 0.466 e. The number of carbonyl (C=O) groups excluding carboxylic acids is 2. The summed E-state index contributed by atoms with van der Waals surface area (Å²) in [6.45, 7) is 1.42. The molecule has 4 heterocycles. The van der Waals surface area contributed by atoms with Gasteiger partial charge >= 0.3 is 5.97 Å². The smallest absolute Gasteiger partial charge is 0.338 e. The van der Waals surface area contributed by atoms with Crippen LogP contribution in [0.5, 0.6) is 0 Å². The number of aliphatic imine (C=N–C) groups is 1. The molecule has 0 radical (unpaired) electrons. The van der Waals surface area contributed by atoms with Gasteiger partial charge in [-0.25, -0.2) is 14.2 Å². The number of hydrogen-bond acceptors (Lipinski definition) is 10. The standard InChI is InChI=1S/C24H25BrFN5O5S/c1-35-24(34)20-18(9-31-14-7-30(19(33)10-32)8-15(31)12-36-11-14)28-22(23-27-4-5-37-23)29-21(20)16-3-2-13(26)6-17(16)25/h2-6,14-15,21,32H,7-12H2,1H3,(H,28,29). The second-order valence-corrected chi connectivity index (χ2v) is 10.6. The van der Waals surface area contributed by atoms with E-state index in [2.05, 4.69) is 31.1 Å². The Morgan fingerprint density at radius 2 is 2.08 bits per heavy atom. The Balaban J connectivity index is 1.56.